The maximum atomic E-state index is 13.1. The molecule has 4 nitrogen and oxygen atoms in total. The average Bonchev–Trinajstić information content (AvgIpc) is 3.20. The summed E-state index contributed by atoms with van der Waals surface area (Å²) in [5, 5.41) is 2.49. The number of nitrogens with zero attached hydrogens (tertiary/aromatic N) is 2. The van der Waals surface area contributed by atoms with Gasteiger partial charge in [-0.3, -0.25) is 14.2 Å². The standard InChI is InChI=1S/C23H22N2O2/c1-3-4-15-23(16-14-18-10-6-5-7-11-18)24-20-13-9-8-12-19(20)17-21(24)22(26)25(23)27-2/h5-13,17H,3-4,15H2,1-2H3. The number of hydroxylamine groups is 2. The van der Waals surface area contributed by atoms with E-state index in [0.29, 0.717) is 12.1 Å². The summed E-state index contributed by atoms with van der Waals surface area (Å²) in [7, 11) is 1.54. The maximum Gasteiger partial charge on any atom is 0.297 e. The lowest BCUT2D eigenvalue weighted by Gasteiger charge is -2.34. The highest BCUT2D eigenvalue weighted by Crippen LogP contribution is 2.41. The quantitative estimate of drug-likeness (QED) is 0.641. The van der Waals surface area contributed by atoms with Crippen molar-refractivity contribution in [1.82, 2.24) is 9.63 Å². The van der Waals surface area contributed by atoms with Crippen molar-refractivity contribution in [2.24, 2.45) is 0 Å². The Morgan fingerprint density at radius 3 is 2.56 bits per heavy atom. The van der Waals surface area contributed by atoms with Crippen molar-refractivity contribution in [1.29, 1.82) is 0 Å². The smallest absolute Gasteiger partial charge is 0.297 e. The van der Waals surface area contributed by atoms with E-state index in [2.05, 4.69) is 23.3 Å². The molecule has 2 heterocycles. The van der Waals surface area contributed by atoms with Crippen molar-refractivity contribution < 1.29 is 9.63 Å². The van der Waals surface area contributed by atoms with Gasteiger partial charge in [-0.25, -0.2) is 0 Å². The highest BCUT2D eigenvalue weighted by molar-refractivity contribution is 6.01. The highest BCUT2D eigenvalue weighted by atomic mass is 16.7. The number of amides is 1. The fourth-order valence-electron chi connectivity index (χ4n) is 3.81. The number of carbonyl (C=O) groups excluding carboxylic acids is 1. The molecule has 1 unspecified atom stereocenters. The second kappa shape index (κ2) is 6.94. The van der Waals surface area contributed by atoms with Gasteiger partial charge in [0.1, 0.15) is 5.69 Å². The molecule has 1 amide bonds. The second-order valence-electron chi connectivity index (χ2n) is 6.74. The first kappa shape index (κ1) is 17.4. The van der Waals surface area contributed by atoms with Crippen LogP contribution in [0.3, 0.4) is 0 Å². The predicted octanol–water partition coefficient (Wildman–Crippen LogP) is 4.55. The molecule has 0 spiro atoms. The number of carbonyl (C=O) groups is 1. The summed E-state index contributed by atoms with van der Waals surface area (Å²) in [6, 6.07) is 19.8. The molecule has 0 N–H and O–H groups in total. The van der Waals surface area contributed by atoms with Gasteiger partial charge in [-0.15, -0.1) is 0 Å². The summed E-state index contributed by atoms with van der Waals surface area (Å²) in [4.78, 5) is 18.7. The fourth-order valence-corrected chi connectivity index (χ4v) is 3.81. The van der Waals surface area contributed by atoms with Gasteiger partial charge in [0.25, 0.3) is 5.91 Å². The van der Waals surface area contributed by atoms with Gasteiger partial charge in [-0.2, -0.15) is 5.06 Å². The molecule has 1 atom stereocenters. The molecule has 0 fully saturated rings. The first-order valence-corrected chi connectivity index (χ1v) is 9.29. The highest BCUT2D eigenvalue weighted by Gasteiger charge is 2.50. The molecule has 1 aliphatic heterocycles. The topological polar surface area (TPSA) is 34.5 Å². The SMILES string of the molecule is CCCCC1(C#Cc2ccccc2)N(OC)C(=O)c2cc3ccccc3n21. The van der Waals surface area contributed by atoms with Gasteiger partial charge in [0.05, 0.1) is 12.6 Å². The zero-order valence-corrected chi connectivity index (χ0v) is 15.6. The van der Waals surface area contributed by atoms with Gasteiger partial charge in [-0.05, 0) is 36.6 Å². The van der Waals surface area contributed by atoms with Crippen molar-refractivity contribution in [3.05, 3.63) is 71.9 Å². The van der Waals surface area contributed by atoms with Crippen molar-refractivity contribution in [2.45, 2.75) is 31.8 Å². The van der Waals surface area contributed by atoms with E-state index in [1.165, 1.54) is 12.2 Å². The Labute approximate surface area is 159 Å². The predicted molar refractivity (Wildman–Crippen MR) is 106 cm³/mol. The molecule has 0 radical (unpaired) electrons. The van der Waals surface area contributed by atoms with Crippen LogP contribution in [-0.4, -0.2) is 22.6 Å². The Morgan fingerprint density at radius 2 is 1.81 bits per heavy atom. The Balaban J connectivity index is 1.96. The summed E-state index contributed by atoms with van der Waals surface area (Å²) in [6.45, 7) is 2.14. The molecule has 0 saturated carbocycles. The molecule has 0 aliphatic carbocycles. The van der Waals surface area contributed by atoms with Crippen LogP contribution in [0.4, 0.5) is 0 Å². The minimum atomic E-state index is -0.851. The molecule has 136 valence electrons. The van der Waals surface area contributed by atoms with E-state index in [4.69, 9.17) is 4.84 Å². The van der Waals surface area contributed by atoms with Gasteiger partial charge in [-0.1, -0.05) is 55.7 Å². The van der Waals surface area contributed by atoms with Crippen LogP contribution in [0.2, 0.25) is 0 Å². The molecule has 3 aromatic rings. The Kier molecular flexibility index (Phi) is 4.47. The lowest BCUT2D eigenvalue weighted by molar-refractivity contribution is -0.160. The molecule has 0 bridgehead atoms. The van der Waals surface area contributed by atoms with E-state index in [1.807, 2.05) is 60.7 Å². The number of hydrogen-bond acceptors (Lipinski definition) is 2. The molecule has 4 rings (SSSR count). The third-order valence-electron chi connectivity index (χ3n) is 5.06. The molecule has 0 saturated heterocycles. The number of rotatable bonds is 4. The molecular formula is C23H22N2O2. The van der Waals surface area contributed by atoms with Gasteiger partial charge in [0, 0.05) is 17.4 Å². The maximum absolute atomic E-state index is 13.1. The van der Waals surface area contributed by atoms with Gasteiger partial charge < -0.3 is 0 Å². The zero-order valence-electron chi connectivity index (χ0n) is 15.6. The summed E-state index contributed by atoms with van der Waals surface area (Å²) < 4.78 is 2.06. The molecule has 2 aromatic carbocycles. The van der Waals surface area contributed by atoms with Crippen LogP contribution in [-0.2, 0) is 10.5 Å². The largest absolute Gasteiger partial charge is 0.300 e. The van der Waals surface area contributed by atoms with E-state index in [1.54, 1.807) is 0 Å². The normalized spacial score (nSPS) is 18.4. The lowest BCUT2D eigenvalue weighted by atomic mass is 10.0. The van der Waals surface area contributed by atoms with E-state index in [-0.39, 0.29) is 5.91 Å². The summed E-state index contributed by atoms with van der Waals surface area (Å²) in [5.41, 5.74) is 1.69. The first-order chi connectivity index (χ1) is 13.2. The van der Waals surface area contributed by atoms with Crippen LogP contribution in [0.15, 0.2) is 60.7 Å². The Hall–Kier alpha value is -3.03. The van der Waals surface area contributed by atoms with Crippen LogP contribution in [0, 0.1) is 11.8 Å². The average molecular weight is 358 g/mol. The molecule has 1 aromatic heterocycles. The third-order valence-corrected chi connectivity index (χ3v) is 5.06. The molecular weight excluding hydrogens is 336 g/mol. The van der Waals surface area contributed by atoms with Crippen molar-refractivity contribution in [3.8, 4) is 11.8 Å². The fraction of sp³-hybridized carbons (Fsp3) is 0.261. The minimum absolute atomic E-state index is 0.146. The van der Waals surface area contributed by atoms with Crippen LogP contribution in [0.1, 0.15) is 42.2 Å². The van der Waals surface area contributed by atoms with Gasteiger partial charge in [0.2, 0.25) is 5.66 Å². The third kappa shape index (κ3) is 2.72. The van der Waals surface area contributed by atoms with Crippen LogP contribution in [0.5, 0.6) is 0 Å². The van der Waals surface area contributed by atoms with Crippen molar-refractivity contribution in [2.75, 3.05) is 7.11 Å². The number of fused-ring (bicyclic) bond motifs is 3. The van der Waals surface area contributed by atoms with Crippen molar-refractivity contribution in [3.63, 3.8) is 0 Å². The minimum Gasteiger partial charge on any atom is -0.300 e. The lowest BCUT2D eigenvalue weighted by Crippen LogP contribution is -2.45. The zero-order chi connectivity index (χ0) is 18.9. The number of para-hydroxylation sites is 1. The van der Waals surface area contributed by atoms with Crippen LogP contribution < -0.4 is 0 Å². The van der Waals surface area contributed by atoms with Crippen LogP contribution in [0.25, 0.3) is 10.9 Å². The van der Waals surface area contributed by atoms with E-state index in [0.717, 1.165) is 29.3 Å². The number of unbranched alkanes of at least 4 members (excludes halogenated alkanes) is 1. The van der Waals surface area contributed by atoms with Crippen molar-refractivity contribution >= 4 is 16.8 Å². The van der Waals surface area contributed by atoms with E-state index in [9.17, 15) is 4.79 Å². The second-order valence-corrected chi connectivity index (χ2v) is 6.74. The molecule has 4 heteroatoms. The number of benzene rings is 2. The first-order valence-electron chi connectivity index (χ1n) is 9.29. The van der Waals surface area contributed by atoms with E-state index >= 15 is 0 Å². The monoisotopic (exact) mass is 358 g/mol. The van der Waals surface area contributed by atoms with Gasteiger partial charge >= 0.3 is 0 Å². The Bertz CT molecular complexity index is 1040. The molecule has 1 aliphatic rings. The summed E-state index contributed by atoms with van der Waals surface area (Å²) in [5.74, 6) is 6.53. The van der Waals surface area contributed by atoms with Gasteiger partial charge in [0.15, 0.2) is 0 Å². The van der Waals surface area contributed by atoms with Crippen LogP contribution >= 0.6 is 0 Å². The summed E-state index contributed by atoms with van der Waals surface area (Å²) in [6.07, 6.45) is 2.65. The van der Waals surface area contributed by atoms with E-state index < -0.39 is 5.66 Å². The Morgan fingerprint density at radius 1 is 1.07 bits per heavy atom. The number of hydrogen-bond donors (Lipinski definition) is 0. The number of aromatic nitrogens is 1. The molecule has 27 heavy (non-hydrogen) atoms. The summed E-state index contributed by atoms with van der Waals surface area (Å²) >= 11 is 0.